The molecule has 0 unspecified atom stereocenters. The molecule has 1 saturated heterocycles. The number of halogens is 1. The smallest absolute Gasteiger partial charge is 0.407 e. The second kappa shape index (κ2) is 8.46. The van der Waals surface area contributed by atoms with Gasteiger partial charge in [0.15, 0.2) is 0 Å². The van der Waals surface area contributed by atoms with Crippen LogP contribution in [0.15, 0.2) is 16.5 Å². The predicted octanol–water partition coefficient (Wildman–Crippen LogP) is 3.03. The normalized spacial score (nSPS) is 17.4. The molecular formula is C18H21ClN6O3. The number of nitrogens with zero attached hydrogens (tertiary/aromatic N) is 5. The summed E-state index contributed by atoms with van der Waals surface area (Å²) in [5.74, 6) is 0.246. The Labute approximate surface area is 167 Å². The van der Waals surface area contributed by atoms with Gasteiger partial charge in [-0.1, -0.05) is 16.7 Å². The minimum Gasteiger partial charge on any atom is -0.465 e. The van der Waals surface area contributed by atoms with E-state index in [0.717, 1.165) is 16.8 Å². The number of aromatic nitrogens is 2. The third-order valence-corrected chi connectivity index (χ3v) is 4.99. The maximum Gasteiger partial charge on any atom is 0.407 e. The fourth-order valence-electron chi connectivity index (χ4n) is 3.29. The standard InChI is InChI=1S/C18H21ClN6O3/c1-11-9-24(5-6-25(11)18(26)27)10-13-7-14(19)8-15(12(13)2)21-17-23-22-16(28-17)3-4-20/h7-8,11H,3,5-6,9-10H2,1-2H3,(H,21,23)(H,26,27)/t11-/m0/s1. The Morgan fingerprint density at radius 2 is 2.25 bits per heavy atom. The number of piperazine rings is 1. The maximum atomic E-state index is 11.2. The molecule has 1 aliphatic heterocycles. The van der Waals surface area contributed by atoms with Gasteiger partial charge in [0.25, 0.3) is 0 Å². The van der Waals surface area contributed by atoms with E-state index < -0.39 is 6.09 Å². The van der Waals surface area contributed by atoms with Crippen LogP contribution >= 0.6 is 11.6 Å². The lowest BCUT2D eigenvalue weighted by Gasteiger charge is -2.38. The SMILES string of the molecule is Cc1c(CN2CCN(C(=O)O)[C@@H](C)C2)cc(Cl)cc1Nc1nnc(CC#N)o1. The van der Waals surface area contributed by atoms with Gasteiger partial charge in [0, 0.05) is 42.9 Å². The molecule has 0 saturated carbocycles. The fraction of sp³-hybridized carbons (Fsp3) is 0.444. The second-order valence-electron chi connectivity index (χ2n) is 6.76. The molecule has 10 heteroatoms. The Balaban J connectivity index is 1.74. The molecule has 0 aliphatic carbocycles. The lowest BCUT2D eigenvalue weighted by molar-refractivity contribution is 0.0710. The van der Waals surface area contributed by atoms with Crippen LogP contribution in [0.25, 0.3) is 0 Å². The van der Waals surface area contributed by atoms with Crippen molar-refractivity contribution in [1.29, 1.82) is 5.26 Å². The summed E-state index contributed by atoms with van der Waals surface area (Å²) in [5.41, 5.74) is 2.76. The van der Waals surface area contributed by atoms with Crippen molar-refractivity contribution in [2.75, 3.05) is 25.0 Å². The van der Waals surface area contributed by atoms with E-state index in [9.17, 15) is 9.90 Å². The van der Waals surface area contributed by atoms with E-state index in [1.165, 1.54) is 4.90 Å². The van der Waals surface area contributed by atoms with Crippen molar-refractivity contribution in [2.45, 2.75) is 32.9 Å². The molecule has 1 fully saturated rings. The lowest BCUT2D eigenvalue weighted by atomic mass is 10.0. The van der Waals surface area contributed by atoms with E-state index in [4.69, 9.17) is 21.3 Å². The van der Waals surface area contributed by atoms with Gasteiger partial charge < -0.3 is 19.7 Å². The zero-order chi connectivity index (χ0) is 20.3. The number of hydrogen-bond donors (Lipinski definition) is 2. The van der Waals surface area contributed by atoms with Crippen molar-refractivity contribution < 1.29 is 14.3 Å². The molecule has 9 nitrogen and oxygen atoms in total. The number of nitrogens with one attached hydrogen (secondary N) is 1. The molecule has 1 aliphatic rings. The van der Waals surface area contributed by atoms with Gasteiger partial charge in [0.05, 0.1) is 6.07 Å². The zero-order valence-corrected chi connectivity index (χ0v) is 16.4. The van der Waals surface area contributed by atoms with Crippen molar-refractivity contribution in [3.8, 4) is 6.07 Å². The van der Waals surface area contributed by atoms with Gasteiger partial charge in [-0.2, -0.15) is 5.26 Å². The number of hydrogen-bond acceptors (Lipinski definition) is 7. The maximum absolute atomic E-state index is 11.2. The van der Waals surface area contributed by atoms with Crippen LogP contribution < -0.4 is 5.32 Å². The summed E-state index contributed by atoms with van der Waals surface area (Å²) >= 11 is 6.30. The minimum absolute atomic E-state index is 0.0506. The van der Waals surface area contributed by atoms with Gasteiger partial charge in [0.2, 0.25) is 5.89 Å². The quantitative estimate of drug-likeness (QED) is 0.780. The van der Waals surface area contributed by atoms with Crippen LogP contribution in [0.4, 0.5) is 16.5 Å². The van der Waals surface area contributed by atoms with Gasteiger partial charge in [-0.25, -0.2) is 4.79 Å². The number of carboxylic acid groups (broad SMARTS) is 1. The summed E-state index contributed by atoms with van der Waals surface area (Å²) in [6, 6.07) is 5.77. The largest absolute Gasteiger partial charge is 0.465 e. The third kappa shape index (κ3) is 4.52. The summed E-state index contributed by atoms with van der Waals surface area (Å²) in [4.78, 5) is 14.9. The highest BCUT2D eigenvalue weighted by molar-refractivity contribution is 6.31. The first-order valence-corrected chi connectivity index (χ1v) is 9.22. The Bertz CT molecular complexity index is 909. The number of rotatable bonds is 5. The topological polar surface area (TPSA) is 119 Å². The van der Waals surface area contributed by atoms with Crippen LogP contribution in [0, 0.1) is 18.3 Å². The van der Waals surface area contributed by atoms with E-state index in [1.54, 1.807) is 6.07 Å². The zero-order valence-electron chi connectivity index (χ0n) is 15.6. The summed E-state index contributed by atoms with van der Waals surface area (Å²) < 4.78 is 5.39. The number of carbonyl (C=O) groups is 1. The second-order valence-corrected chi connectivity index (χ2v) is 7.19. The minimum atomic E-state index is -0.882. The van der Waals surface area contributed by atoms with Crippen LogP contribution in [0.5, 0.6) is 0 Å². The first-order chi connectivity index (χ1) is 13.4. The molecule has 2 N–H and O–H groups in total. The van der Waals surface area contributed by atoms with E-state index in [0.29, 0.717) is 31.2 Å². The average Bonchev–Trinajstić information content (AvgIpc) is 3.06. The summed E-state index contributed by atoms with van der Waals surface area (Å²) in [7, 11) is 0. The fourth-order valence-corrected chi connectivity index (χ4v) is 3.53. The molecule has 0 bridgehead atoms. The molecule has 28 heavy (non-hydrogen) atoms. The summed E-state index contributed by atoms with van der Waals surface area (Å²) in [6.07, 6.45) is -0.831. The predicted molar refractivity (Wildman–Crippen MR) is 103 cm³/mol. The van der Waals surface area contributed by atoms with Gasteiger partial charge in [0.1, 0.15) is 6.42 Å². The summed E-state index contributed by atoms with van der Waals surface area (Å²) in [5, 5.41) is 29.2. The van der Waals surface area contributed by atoms with E-state index in [-0.39, 0.29) is 24.4 Å². The monoisotopic (exact) mass is 404 g/mol. The molecule has 0 radical (unpaired) electrons. The van der Waals surface area contributed by atoms with Crippen LogP contribution in [-0.4, -0.2) is 56.9 Å². The van der Waals surface area contributed by atoms with Gasteiger partial charge in [-0.15, -0.1) is 5.10 Å². The first-order valence-electron chi connectivity index (χ1n) is 8.84. The van der Waals surface area contributed by atoms with Crippen LogP contribution in [-0.2, 0) is 13.0 Å². The van der Waals surface area contributed by atoms with E-state index in [2.05, 4.69) is 20.4 Å². The highest BCUT2D eigenvalue weighted by atomic mass is 35.5. The molecule has 1 aromatic heterocycles. The molecule has 0 spiro atoms. The Morgan fingerprint density at radius 1 is 1.46 bits per heavy atom. The highest BCUT2D eigenvalue weighted by Crippen LogP contribution is 2.28. The van der Waals surface area contributed by atoms with Crippen molar-refractivity contribution in [1.82, 2.24) is 20.0 Å². The third-order valence-electron chi connectivity index (χ3n) is 4.77. The Hall–Kier alpha value is -2.83. The van der Waals surface area contributed by atoms with Gasteiger partial charge >= 0.3 is 12.1 Å². The molecule has 148 valence electrons. The number of benzene rings is 1. The molecule has 2 aromatic rings. The average molecular weight is 405 g/mol. The number of amides is 1. The summed E-state index contributed by atoms with van der Waals surface area (Å²) in [6.45, 7) is 6.33. The number of anilines is 2. The van der Waals surface area contributed by atoms with Crippen molar-refractivity contribution in [3.63, 3.8) is 0 Å². The van der Waals surface area contributed by atoms with E-state index in [1.807, 2.05) is 26.0 Å². The van der Waals surface area contributed by atoms with Crippen molar-refractivity contribution in [3.05, 3.63) is 34.2 Å². The highest BCUT2D eigenvalue weighted by Gasteiger charge is 2.27. The van der Waals surface area contributed by atoms with E-state index >= 15 is 0 Å². The van der Waals surface area contributed by atoms with Crippen molar-refractivity contribution in [2.24, 2.45) is 0 Å². The first kappa shape index (κ1) is 19.9. The molecule has 3 rings (SSSR count). The molecular weight excluding hydrogens is 384 g/mol. The Morgan fingerprint density at radius 3 is 2.93 bits per heavy atom. The number of nitriles is 1. The van der Waals surface area contributed by atoms with Gasteiger partial charge in [-0.3, -0.25) is 4.90 Å². The van der Waals surface area contributed by atoms with Crippen LogP contribution in [0.3, 0.4) is 0 Å². The molecule has 1 atom stereocenters. The van der Waals surface area contributed by atoms with Gasteiger partial charge in [-0.05, 0) is 37.1 Å². The van der Waals surface area contributed by atoms with Crippen LogP contribution in [0.2, 0.25) is 5.02 Å². The molecule has 1 amide bonds. The van der Waals surface area contributed by atoms with Crippen molar-refractivity contribution >= 4 is 29.4 Å². The molecule has 2 heterocycles. The Kier molecular flexibility index (Phi) is 6.02. The lowest BCUT2D eigenvalue weighted by Crippen LogP contribution is -2.53. The molecule has 1 aromatic carbocycles. The van der Waals surface area contributed by atoms with Crippen LogP contribution in [0.1, 0.15) is 23.9 Å².